The van der Waals surface area contributed by atoms with Gasteiger partial charge in [-0.05, 0) is 24.6 Å². The van der Waals surface area contributed by atoms with Crippen molar-refractivity contribution in [3.63, 3.8) is 0 Å². The number of rotatable bonds is 10. The minimum Gasteiger partial charge on any atom is -0.301 e. The molecule has 0 fully saturated rings. The van der Waals surface area contributed by atoms with E-state index in [1.165, 1.54) is 27.4 Å². The number of benzene rings is 1. The van der Waals surface area contributed by atoms with Crippen LogP contribution in [0.15, 0.2) is 41.3 Å². The summed E-state index contributed by atoms with van der Waals surface area (Å²) >= 11 is 8.71. The molecule has 0 bridgehead atoms. The predicted molar refractivity (Wildman–Crippen MR) is 112 cm³/mol. The van der Waals surface area contributed by atoms with Gasteiger partial charge in [-0.1, -0.05) is 46.8 Å². The highest BCUT2D eigenvalue weighted by Crippen LogP contribution is 2.26. The molecule has 1 aromatic heterocycles. The second-order valence-electron chi connectivity index (χ2n) is 5.44. The number of aromatic nitrogens is 2. The SMILES string of the molecule is C=CCSc1nnc(NC(=O)CCCN(c2cccc(Cl)c2)S(C)(=O)=O)s1. The molecule has 1 amide bonds. The van der Waals surface area contributed by atoms with E-state index in [-0.39, 0.29) is 18.9 Å². The van der Waals surface area contributed by atoms with Crippen molar-refractivity contribution in [2.24, 2.45) is 0 Å². The molecule has 11 heteroatoms. The van der Waals surface area contributed by atoms with E-state index in [2.05, 4.69) is 22.1 Å². The molecule has 1 aromatic carbocycles. The van der Waals surface area contributed by atoms with Gasteiger partial charge in [0.15, 0.2) is 4.34 Å². The van der Waals surface area contributed by atoms with Gasteiger partial charge in [0, 0.05) is 23.7 Å². The Morgan fingerprint density at radius 2 is 2.22 bits per heavy atom. The number of nitrogens with zero attached hydrogens (tertiary/aromatic N) is 3. The van der Waals surface area contributed by atoms with Gasteiger partial charge in [-0.2, -0.15) is 0 Å². The van der Waals surface area contributed by atoms with Crippen molar-refractivity contribution >= 4 is 61.4 Å². The van der Waals surface area contributed by atoms with E-state index < -0.39 is 10.0 Å². The van der Waals surface area contributed by atoms with Crippen LogP contribution in [0.25, 0.3) is 0 Å². The van der Waals surface area contributed by atoms with Gasteiger partial charge in [-0.15, -0.1) is 16.8 Å². The summed E-state index contributed by atoms with van der Waals surface area (Å²) in [7, 11) is -3.49. The lowest BCUT2D eigenvalue weighted by Gasteiger charge is -2.22. The molecule has 1 N–H and O–H groups in total. The zero-order valence-corrected chi connectivity index (χ0v) is 17.8. The second-order valence-corrected chi connectivity index (χ2v) is 10.0. The first-order valence-electron chi connectivity index (χ1n) is 7.90. The summed E-state index contributed by atoms with van der Waals surface area (Å²) in [5.41, 5.74) is 0.471. The molecule has 146 valence electrons. The molecule has 0 radical (unpaired) electrons. The highest BCUT2D eigenvalue weighted by Gasteiger charge is 2.18. The number of amides is 1. The molecule has 0 aliphatic rings. The standard InChI is InChI=1S/C16H19ClN4O3S3/c1-3-10-25-16-20-19-15(26-16)18-14(22)8-5-9-21(27(2,23)24)13-7-4-6-12(17)11-13/h3-4,6-7,11H,1,5,8-10H2,2H3,(H,18,19,22). The van der Waals surface area contributed by atoms with Gasteiger partial charge in [-0.3, -0.25) is 9.10 Å². The third-order valence-electron chi connectivity index (χ3n) is 3.24. The number of thioether (sulfide) groups is 1. The molecule has 0 saturated heterocycles. The fourth-order valence-corrected chi connectivity index (χ4v) is 4.80. The smallest absolute Gasteiger partial charge is 0.232 e. The topological polar surface area (TPSA) is 92.3 Å². The molecule has 0 spiro atoms. The molecule has 0 unspecified atom stereocenters. The largest absolute Gasteiger partial charge is 0.301 e. The molecule has 0 aliphatic carbocycles. The Hall–Kier alpha value is -1.62. The van der Waals surface area contributed by atoms with Crippen molar-refractivity contribution in [1.29, 1.82) is 0 Å². The molecule has 2 aromatic rings. The van der Waals surface area contributed by atoms with Gasteiger partial charge in [0.05, 0.1) is 11.9 Å². The highest BCUT2D eigenvalue weighted by atomic mass is 35.5. The van der Waals surface area contributed by atoms with Crippen LogP contribution in [-0.4, -0.2) is 43.1 Å². The van der Waals surface area contributed by atoms with E-state index in [1.54, 1.807) is 30.3 Å². The summed E-state index contributed by atoms with van der Waals surface area (Å²) in [5, 5.41) is 11.4. The minimum absolute atomic E-state index is 0.154. The minimum atomic E-state index is -3.49. The van der Waals surface area contributed by atoms with Crippen LogP contribution in [0.2, 0.25) is 5.02 Å². The zero-order chi connectivity index (χ0) is 19.9. The van der Waals surface area contributed by atoms with Crippen LogP contribution in [0.3, 0.4) is 0 Å². The van der Waals surface area contributed by atoms with Crippen molar-refractivity contribution in [2.75, 3.05) is 28.2 Å². The molecule has 0 saturated carbocycles. The lowest BCUT2D eigenvalue weighted by molar-refractivity contribution is -0.116. The van der Waals surface area contributed by atoms with Gasteiger partial charge >= 0.3 is 0 Å². The average Bonchev–Trinajstić information content (AvgIpc) is 3.03. The fraction of sp³-hybridized carbons (Fsp3) is 0.312. The molecule has 0 atom stereocenters. The predicted octanol–water partition coefficient (Wildman–Crippen LogP) is 3.65. The Labute approximate surface area is 171 Å². The van der Waals surface area contributed by atoms with Gasteiger partial charge in [0.25, 0.3) is 0 Å². The van der Waals surface area contributed by atoms with Crippen molar-refractivity contribution in [3.8, 4) is 0 Å². The maximum Gasteiger partial charge on any atom is 0.232 e. The summed E-state index contributed by atoms with van der Waals surface area (Å²) in [5.74, 6) is 0.471. The Bertz CT molecular complexity index is 902. The first-order chi connectivity index (χ1) is 12.8. The van der Waals surface area contributed by atoms with Gasteiger partial charge < -0.3 is 5.32 Å². The first-order valence-corrected chi connectivity index (χ1v) is 11.9. The van der Waals surface area contributed by atoms with Crippen LogP contribution < -0.4 is 9.62 Å². The van der Waals surface area contributed by atoms with Gasteiger partial charge in [-0.25, -0.2) is 8.42 Å². The molecule has 2 rings (SSSR count). The van der Waals surface area contributed by atoms with Crippen LogP contribution in [0, 0.1) is 0 Å². The van der Waals surface area contributed by atoms with E-state index in [1.807, 2.05) is 0 Å². The summed E-state index contributed by atoms with van der Waals surface area (Å²) in [6.07, 6.45) is 3.39. The lowest BCUT2D eigenvalue weighted by atomic mass is 10.2. The highest BCUT2D eigenvalue weighted by molar-refractivity contribution is 8.01. The number of sulfonamides is 1. The molecular weight excluding hydrogens is 428 g/mol. The number of hydrogen-bond donors (Lipinski definition) is 1. The molecule has 7 nitrogen and oxygen atoms in total. The third kappa shape index (κ3) is 7.13. The van der Waals surface area contributed by atoms with E-state index in [4.69, 9.17) is 11.6 Å². The number of nitrogens with one attached hydrogen (secondary N) is 1. The quantitative estimate of drug-likeness (QED) is 0.340. The summed E-state index contributed by atoms with van der Waals surface area (Å²) in [6.45, 7) is 3.80. The summed E-state index contributed by atoms with van der Waals surface area (Å²) in [6, 6.07) is 6.59. The van der Waals surface area contributed by atoms with E-state index in [9.17, 15) is 13.2 Å². The molecular formula is C16H19ClN4O3S3. The van der Waals surface area contributed by atoms with Crippen molar-refractivity contribution in [3.05, 3.63) is 41.9 Å². The Morgan fingerprint density at radius 3 is 2.89 bits per heavy atom. The zero-order valence-electron chi connectivity index (χ0n) is 14.6. The Kier molecular flexibility index (Phi) is 8.08. The monoisotopic (exact) mass is 446 g/mol. The van der Waals surface area contributed by atoms with E-state index in [0.717, 1.165) is 10.6 Å². The lowest BCUT2D eigenvalue weighted by Crippen LogP contribution is -2.31. The maximum atomic E-state index is 12.1. The number of hydrogen-bond acceptors (Lipinski definition) is 7. The molecule has 1 heterocycles. The van der Waals surface area contributed by atoms with Crippen LogP contribution in [0.4, 0.5) is 10.8 Å². The average molecular weight is 447 g/mol. The van der Waals surface area contributed by atoms with Crippen molar-refractivity contribution in [1.82, 2.24) is 10.2 Å². The van der Waals surface area contributed by atoms with Crippen LogP contribution in [0.1, 0.15) is 12.8 Å². The third-order valence-corrected chi connectivity index (χ3v) is 6.64. The van der Waals surface area contributed by atoms with Crippen LogP contribution >= 0.6 is 34.7 Å². The number of carbonyl (C=O) groups excluding carboxylic acids is 1. The van der Waals surface area contributed by atoms with Gasteiger partial charge in [0.1, 0.15) is 0 Å². The fourth-order valence-electron chi connectivity index (χ4n) is 2.13. The number of anilines is 2. The number of carbonyl (C=O) groups is 1. The van der Waals surface area contributed by atoms with E-state index >= 15 is 0 Å². The Morgan fingerprint density at radius 1 is 1.44 bits per heavy atom. The molecule has 0 aliphatic heterocycles. The first kappa shape index (κ1) is 21.7. The van der Waals surface area contributed by atoms with E-state index in [0.29, 0.717) is 28.0 Å². The van der Waals surface area contributed by atoms with Crippen LogP contribution in [-0.2, 0) is 14.8 Å². The van der Waals surface area contributed by atoms with Gasteiger partial charge in [0.2, 0.25) is 21.1 Å². The Balaban J connectivity index is 1.89. The number of halogens is 1. The summed E-state index contributed by atoms with van der Waals surface area (Å²) in [4.78, 5) is 12.1. The summed E-state index contributed by atoms with van der Waals surface area (Å²) < 4.78 is 26.1. The normalized spacial score (nSPS) is 11.2. The van der Waals surface area contributed by atoms with Crippen LogP contribution in [0.5, 0.6) is 0 Å². The maximum absolute atomic E-state index is 12.1. The van der Waals surface area contributed by atoms with Crippen molar-refractivity contribution < 1.29 is 13.2 Å². The second kappa shape index (κ2) is 10.1. The van der Waals surface area contributed by atoms with Crippen molar-refractivity contribution in [2.45, 2.75) is 17.2 Å². The molecule has 27 heavy (non-hydrogen) atoms.